The lowest BCUT2D eigenvalue weighted by molar-refractivity contribution is -0.132. The molecule has 3 heterocycles. The molecule has 1 aliphatic rings. The second kappa shape index (κ2) is 7.13. The SMILES string of the molecule is CN1C[C@H](n2ccnc2-c2cnc(-c3cccc4ccccc34)nc2)CCC1=O. The molecule has 2 aromatic carbocycles. The van der Waals surface area contributed by atoms with E-state index >= 15 is 0 Å². The van der Waals surface area contributed by atoms with Crippen LogP contribution in [-0.4, -0.2) is 43.9 Å². The molecule has 4 aromatic rings. The number of rotatable bonds is 3. The van der Waals surface area contributed by atoms with E-state index in [2.05, 4.69) is 37.7 Å². The van der Waals surface area contributed by atoms with Gasteiger partial charge in [0, 0.05) is 50.4 Å². The van der Waals surface area contributed by atoms with Crippen LogP contribution < -0.4 is 0 Å². The van der Waals surface area contributed by atoms with E-state index in [-0.39, 0.29) is 11.9 Å². The van der Waals surface area contributed by atoms with E-state index in [1.54, 1.807) is 11.1 Å². The summed E-state index contributed by atoms with van der Waals surface area (Å²) in [5.74, 6) is 1.74. The van der Waals surface area contributed by atoms with Crippen molar-refractivity contribution in [3.63, 3.8) is 0 Å². The normalized spacial score (nSPS) is 17.1. The molecule has 1 amide bonds. The van der Waals surface area contributed by atoms with Crippen molar-refractivity contribution >= 4 is 16.7 Å². The van der Waals surface area contributed by atoms with Crippen molar-refractivity contribution in [1.29, 1.82) is 0 Å². The van der Waals surface area contributed by atoms with Crippen molar-refractivity contribution in [1.82, 2.24) is 24.4 Å². The molecule has 1 aliphatic heterocycles. The Hall–Kier alpha value is -3.54. The van der Waals surface area contributed by atoms with Gasteiger partial charge in [0.05, 0.1) is 11.6 Å². The van der Waals surface area contributed by atoms with Crippen molar-refractivity contribution in [2.45, 2.75) is 18.9 Å². The highest BCUT2D eigenvalue weighted by Gasteiger charge is 2.25. The summed E-state index contributed by atoms with van der Waals surface area (Å²) in [7, 11) is 1.85. The van der Waals surface area contributed by atoms with Gasteiger partial charge < -0.3 is 9.47 Å². The lowest BCUT2D eigenvalue weighted by Gasteiger charge is -2.31. The molecule has 0 unspecified atom stereocenters. The molecule has 0 spiro atoms. The number of aromatic nitrogens is 4. The van der Waals surface area contributed by atoms with Gasteiger partial charge in [-0.3, -0.25) is 4.79 Å². The van der Waals surface area contributed by atoms with Crippen molar-refractivity contribution in [3.8, 4) is 22.8 Å². The van der Waals surface area contributed by atoms with Crippen LogP contribution >= 0.6 is 0 Å². The van der Waals surface area contributed by atoms with Gasteiger partial charge in [0.15, 0.2) is 5.82 Å². The largest absolute Gasteiger partial charge is 0.344 e. The number of amides is 1. The highest BCUT2D eigenvalue weighted by atomic mass is 16.2. The molecule has 6 nitrogen and oxygen atoms in total. The van der Waals surface area contributed by atoms with Crippen molar-refractivity contribution in [2.24, 2.45) is 0 Å². The molecule has 0 aliphatic carbocycles. The van der Waals surface area contributed by atoms with Crippen LogP contribution in [0.15, 0.2) is 67.3 Å². The number of benzene rings is 2. The van der Waals surface area contributed by atoms with E-state index in [0.717, 1.165) is 28.8 Å². The van der Waals surface area contributed by atoms with Gasteiger partial charge in [-0.25, -0.2) is 15.0 Å². The zero-order valence-electron chi connectivity index (χ0n) is 16.2. The molecule has 6 heteroatoms. The Kier molecular flexibility index (Phi) is 4.31. The Morgan fingerprint density at radius 2 is 1.79 bits per heavy atom. The molecule has 1 atom stereocenters. The second-order valence-corrected chi connectivity index (χ2v) is 7.45. The Labute approximate surface area is 168 Å². The Balaban J connectivity index is 1.48. The molecule has 0 radical (unpaired) electrons. The molecule has 0 saturated carbocycles. The fraction of sp³-hybridized carbons (Fsp3) is 0.217. The van der Waals surface area contributed by atoms with Gasteiger partial charge >= 0.3 is 0 Å². The number of fused-ring (bicyclic) bond motifs is 1. The summed E-state index contributed by atoms with van der Waals surface area (Å²) in [6, 6.07) is 14.6. The summed E-state index contributed by atoms with van der Waals surface area (Å²) in [5.41, 5.74) is 1.89. The highest BCUT2D eigenvalue weighted by Crippen LogP contribution is 2.29. The molecule has 29 heavy (non-hydrogen) atoms. The van der Waals surface area contributed by atoms with Crippen LogP contribution in [0.4, 0.5) is 0 Å². The number of hydrogen-bond donors (Lipinski definition) is 0. The first-order valence-corrected chi connectivity index (χ1v) is 9.78. The quantitative estimate of drug-likeness (QED) is 0.537. The molecule has 1 saturated heterocycles. The van der Waals surface area contributed by atoms with Gasteiger partial charge in [-0.05, 0) is 17.2 Å². The third-order valence-electron chi connectivity index (χ3n) is 5.60. The van der Waals surface area contributed by atoms with Crippen LogP contribution in [0.2, 0.25) is 0 Å². The topological polar surface area (TPSA) is 63.9 Å². The zero-order valence-corrected chi connectivity index (χ0v) is 16.2. The summed E-state index contributed by atoms with van der Waals surface area (Å²) in [6.07, 6.45) is 8.82. The molecular weight excluding hydrogens is 362 g/mol. The van der Waals surface area contributed by atoms with Crippen LogP contribution in [0.3, 0.4) is 0 Å². The highest BCUT2D eigenvalue weighted by molar-refractivity contribution is 5.95. The predicted molar refractivity (Wildman–Crippen MR) is 112 cm³/mol. The van der Waals surface area contributed by atoms with Crippen molar-refractivity contribution < 1.29 is 4.79 Å². The number of nitrogens with zero attached hydrogens (tertiary/aromatic N) is 5. The Bertz CT molecular complexity index is 1180. The van der Waals surface area contributed by atoms with Crippen LogP contribution in [0.1, 0.15) is 18.9 Å². The van der Waals surface area contributed by atoms with E-state index in [1.165, 1.54) is 5.39 Å². The molecular formula is C23H21N5O. The summed E-state index contributed by atoms with van der Waals surface area (Å²) >= 11 is 0. The van der Waals surface area contributed by atoms with Gasteiger partial charge in [0.1, 0.15) is 5.82 Å². The van der Waals surface area contributed by atoms with Gasteiger partial charge in [-0.15, -0.1) is 0 Å². The van der Waals surface area contributed by atoms with Crippen molar-refractivity contribution in [3.05, 3.63) is 67.3 Å². The van der Waals surface area contributed by atoms with Crippen LogP contribution in [0.5, 0.6) is 0 Å². The minimum absolute atomic E-state index is 0.200. The third-order valence-corrected chi connectivity index (χ3v) is 5.60. The van der Waals surface area contributed by atoms with E-state index in [0.29, 0.717) is 18.8 Å². The number of carbonyl (C=O) groups is 1. The fourth-order valence-electron chi connectivity index (χ4n) is 4.05. The predicted octanol–water partition coefficient (Wildman–Crippen LogP) is 3.95. The zero-order chi connectivity index (χ0) is 19.8. The smallest absolute Gasteiger partial charge is 0.222 e. The number of carbonyl (C=O) groups excluding carboxylic acids is 1. The Morgan fingerprint density at radius 1 is 1.00 bits per heavy atom. The van der Waals surface area contributed by atoms with Crippen LogP contribution in [-0.2, 0) is 4.79 Å². The number of likely N-dealkylation sites (tertiary alicyclic amines) is 1. The van der Waals surface area contributed by atoms with E-state index < -0.39 is 0 Å². The Morgan fingerprint density at radius 3 is 2.62 bits per heavy atom. The first-order chi connectivity index (χ1) is 14.2. The average Bonchev–Trinajstić information content (AvgIpc) is 3.25. The maximum atomic E-state index is 11.8. The number of piperidine rings is 1. The lowest BCUT2D eigenvalue weighted by Crippen LogP contribution is -2.37. The standard InChI is InChI=1S/C23H21N5O/c1-27-15-18(9-10-21(27)29)28-12-11-24-23(28)17-13-25-22(26-14-17)20-8-4-6-16-5-2-3-7-19(16)20/h2-8,11-14,18H,9-10,15H2,1H3/t18-/m1/s1. The minimum Gasteiger partial charge on any atom is -0.344 e. The van der Waals surface area contributed by atoms with E-state index in [1.807, 2.05) is 49.9 Å². The van der Waals surface area contributed by atoms with Crippen molar-refractivity contribution in [2.75, 3.05) is 13.6 Å². The fourth-order valence-corrected chi connectivity index (χ4v) is 4.05. The molecule has 0 bridgehead atoms. The minimum atomic E-state index is 0.200. The monoisotopic (exact) mass is 383 g/mol. The van der Waals surface area contributed by atoms with E-state index in [9.17, 15) is 4.79 Å². The van der Waals surface area contributed by atoms with Gasteiger partial charge in [-0.1, -0.05) is 42.5 Å². The maximum Gasteiger partial charge on any atom is 0.222 e. The molecule has 144 valence electrons. The summed E-state index contributed by atoms with van der Waals surface area (Å²) in [4.78, 5) is 27.4. The van der Waals surface area contributed by atoms with Gasteiger partial charge in [0.25, 0.3) is 0 Å². The molecule has 0 N–H and O–H groups in total. The van der Waals surface area contributed by atoms with Crippen LogP contribution in [0, 0.1) is 0 Å². The average molecular weight is 383 g/mol. The van der Waals surface area contributed by atoms with Gasteiger partial charge in [0.2, 0.25) is 5.91 Å². The lowest BCUT2D eigenvalue weighted by atomic mass is 10.0. The van der Waals surface area contributed by atoms with Crippen LogP contribution in [0.25, 0.3) is 33.5 Å². The first-order valence-electron chi connectivity index (χ1n) is 9.78. The number of hydrogen-bond acceptors (Lipinski definition) is 4. The summed E-state index contributed by atoms with van der Waals surface area (Å²) in [6.45, 7) is 0.692. The van der Waals surface area contributed by atoms with E-state index in [4.69, 9.17) is 0 Å². The van der Waals surface area contributed by atoms with Gasteiger partial charge in [-0.2, -0.15) is 0 Å². The second-order valence-electron chi connectivity index (χ2n) is 7.45. The first kappa shape index (κ1) is 17.6. The third kappa shape index (κ3) is 3.16. The maximum absolute atomic E-state index is 11.8. The molecule has 2 aromatic heterocycles. The summed E-state index contributed by atoms with van der Waals surface area (Å²) < 4.78 is 2.14. The number of likely N-dealkylation sites (N-methyl/N-ethyl adjacent to an activating group) is 1. The summed E-state index contributed by atoms with van der Waals surface area (Å²) in [5, 5.41) is 2.31. The number of imidazole rings is 1. The molecule has 1 fully saturated rings. The molecule has 5 rings (SSSR count).